The highest BCUT2D eigenvalue weighted by atomic mass is 19.1. The van der Waals surface area contributed by atoms with E-state index < -0.39 is 0 Å². The summed E-state index contributed by atoms with van der Waals surface area (Å²) in [4.78, 5) is 11.1. The number of halogens is 1. The highest BCUT2D eigenvalue weighted by Crippen LogP contribution is 2.21. The van der Waals surface area contributed by atoms with Crippen LogP contribution in [0, 0.1) is 12.7 Å². The summed E-state index contributed by atoms with van der Waals surface area (Å²) in [6.45, 7) is 2.42. The lowest BCUT2D eigenvalue weighted by molar-refractivity contribution is 0.112. The zero-order valence-corrected chi connectivity index (χ0v) is 11.1. The minimum atomic E-state index is -0.230. The molecule has 0 fully saturated rings. The molecule has 0 unspecified atom stereocenters. The van der Waals surface area contributed by atoms with Gasteiger partial charge in [-0.25, -0.2) is 4.39 Å². The van der Waals surface area contributed by atoms with Crippen molar-refractivity contribution in [3.8, 4) is 0 Å². The lowest BCUT2D eigenvalue weighted by Gasteiger charge is -2.07. The largest absolute Gasteiger partial charge is 0.342 e. The molecule has 20 heavy (non-hydrogen) atoms. The summed E-state index contributed by atoms with van der Waals surface area (Å²) >= 11 is 0. The van der Waals surface area contributed by atoms with Crippen molar-refractivity contribution in [2.24, 2.45) is 0 Å². The average molecular weight is 267 g/mol. The molecular formula is C17H14FNO. The molecule has 1 aromatic heterocycles. The van der Waals surface area contributed by atoms with Gasteiger partial charge in [-0.1, -0.05) is 24.3 Å². The number of aryl methyl sites for hydroxylation is 1. The maximum absolute atomic E-state index is 13.5. The van der Waals surface area contributed by atoms with Crippen molar-refractivity contribution in [3.63, 3.8) is 0 Å². The average Bonchev–Trinajstić information content (AvgIpc) is 2.76. The Labute approximate surface area is 116 Å². The molecule has 2 nitrogen and oxygen atoms in total. The molecule has 0 N–H and O–H groups in total. The number of carbonyl (C=O) groups excluding carboxylic acids is 1. The molecule has 0 spiro atoms. The molecule has 100 valence electrons. The summed E-state index contributed by atoms with van der Waals surface area (Å²) in [5.74, 6) is -0.230. The quantitative estimate of drug-likeness (QED) is 0.659. The summed E-state index contributed by atoms with van der Waals surface area (Å²) < 4.78 is 15.4. The monoisotopic (exact) mass is 267 g/mol. The van der Waals surface area contributed by atoms with Crippen molar-refractivity contribution in [2.45, 2.75) is 13.5 Å². The maximum atomic E-state index is 13.5. The molecule has 3 rings (SSSR count). The first kappa shape index (κ1) is 12.6. The number of aldehydes is 1. The molecule has 0 aliphatic heterocycles. The van der Waals surface area contributed by atoms with Crippen molar-refractivity contribution in [3.05, 3.63) is 71.2 Å². The maximum Gasteiger partial charge on any atom is 0.152 e. The number of carbonyl (C=O) groups is 1. The fourth-order valence-corrected chi connectivity index (χ4v) is 2.60. The molecule has 0 amide bonds. The van der Waals surface area contributed by atoms with Crippen molar-refractivity contribution in [1.82, 2.24) is 4.57 Å². The van der Waals surface area contributed by atoms with Crippen LogP contribution in [0.3, 0.4) is 0 Å². The van der Waals surface area contributed by atoms with Crippen LogP contribution in [0.2, 0.25) is 0 Å². The van der Waals surface area contributed by atoms with Crippen molar-refractivity contribution in [2.75, 3.05) is 0 Å². The SMILES string of the molecule is Cc1cc(F)cc(Cn2cc(C=O)c3ccccc32)c1. The van der Waals surface area contributed by atoms with Crippen LogP contribution < -0.4 is 0 Å². The van der Waals surface area contributed by atoms with E-state index in [2.05, 4.69) is 0 Å². The Morgan fingerprint density at radius 3 is 2.75 bits per heavy atom. The first-order valence-electron chi connectivity index (χ1n) is 6.46. The first-order chi connectivity index (χ1) is 9.67. The Bertz CT molecular complexity index is 769. The number of rotatable bonds is 3. The third-order valence-electron chi connectivity index (χ3n) is 3.40. The predicted molar refractivity (Wildman–Crippen MR) is 77.6 cm³/mol. The molecule has 3 aromatic rings. The summed E-state index contributed by atoms with van der Waals surface area (Å²) in [6.07, 6.45) is 2.67. The molecule has 0 aliphatic carbocycles. The van der Waals surface area contributed by atoms with Gasteiger partial charge < -0.3 is 4.57 Å². The molecule has 0 saturated heterocycles. The Morgan fingerprint density at radius 2 is 2.00 bits per heavy atom. The van der Waals surface area contributed by atoms with E-state index in [0.717, 1.165) is 28.3 Å². The van der Waals surface area contributed by atoms with Gasteiger partial charge in [-0.3, -0.25) is 4.79 Å². The second kappa shape index (κ2) is 4.93. The molecule has 3 heteroatoms. The minimum absolute atomic E-state index is 0.230. The number of hydrogen-bond acceptors (Lipinski definition) is 1. The number of hydrogen-bond donors (Lipinski definition) is 0. The van der Waals surface area contributed by atoms with Gasteiger partial charge in [0.2, 0.25) is 0 Å². The minimum Gasteiger partial charge on any atom is -0.342 e. The van der Waals surface area contributed by atoms with E-state index in [4.69, 9.17) is 0 Å². The van der Waals surface area contributed by atoms with Gasteiger partial charge in [0.15, 0.2) is 6.29 Å². The summed E-state index contributed by atoms with van der Waals surface area (Å²) in [7, 11) is 0. The van der Waals surface area contributed by atoms with Gasteiger partial charge in [-0.05, 0) is 36.2 Å². The van der Waals surface area contributed by atoms with E-state index in [1.54, 1.807) is 0 Å². The van der Waals surface area contributed by atoms with Crippen molar-refractivity contribution < 1.29 is 9.18 Å². The lowest BCUT2D eigenvalue weighted by atomic mass is 10.1. The fraction of sp³-hybridized carbons (Fsp3) is 0.118. The smallest absolute Gasteiger partial charge is 0.152 e. The number of nitrogens with zero attached hydrogens (tertiary/aromatic N) is 1. The highest BCUT2D eigenvalue weighted by Gasteiger charge is 2.08. The van der Waals surface area contributed by atoms with Gasteiger partial charge >= 0.3 is 0 Å². The first-order valence-corrected chi connectivity index (χ1v) is 6.46. The summed E-state index contributed by atoms with van der Waals surface area (Å²) in [5.41, 5.74) is 3.43. The zero-order valence-electron chi connectivity index (χ0n) is 11.1. The second-order valence-corrected chi connectivity index (χ2v) is 4.98. The van der Waals surface area contributed by atoms with Crippen molar-refractivity contribution in [1.29, 1.82) is 0 Å². The number of fused-ring (bicyclic) bond motifs is 1. The molecule has 0 aliphatic rings. The molecule has 1 heterocycles. The van der Waals surface area contributed by atoms with E-state index in [0.29, 0.717) is 12.1 Å². The van der Waals surface area contributed by atoms with Crippen LogP contribution >= 0.6 is 0 Å². The highest BCUT2D eigenvalue weighted by molar-refractivity contribution is 5.97. The van der Waals surface area contributed by atoms with Gasteiger partial charge in [0.25, 0.3) is 0 Å². The number of para-hydroxylation sites is 1. The van der Waals surface area contributed by atoms with Crippen LogP contribution in [0.25, 0.3) is 10.9 Å². The van der Waals surface area contributed by atoms with E-state index >= 15 is 0 Å². The van der Waals surface area contributed by atoms with E-state index in [-0.39, 0.29) is 5.82 Å². The Morgan fingerprint density at radius 1 is 1.20 bits per heavy atom. The Kier molecular flexibility index (Phi) is 3.11. The van der Waals surface area contributed by atoms with Gasteiger partial charge in [-0.2, -0.15) is 0 Å². The van der Waals surface area contributed by atoms with Crippen molar-refractivity contribution >= 4 is 17.2 Å². The molecule has 0 bridgehead atoms. The van der Waals surface area contributed by atoms with E-state index in [1.165, 1.54) is 12.1 Å². The van der Waals surface area contributed by atoms with Crippen LogP contribution in [0.15, 0.2) is 48.7 Å². The van der Waals surface area contributed by atoms with Gasteiger partial charge in [0.1, 0.15) is 5.82 Å². The number of benzene rings is 2. The van der Waals surface area contributed by atoms with E-state index in [1.807, 2.05) is 48.0 Å². The predicted octanol–water partition coefficient (Wildman–Crippen LogP) is 3.95. The standard InChI is InChI=1S/C17H14FNO/c1-12-6-13(8-15(18)7-12)9-19-10-14(11-20)16-4-2-3-5-17(16)19/h2-8,10-11H,9H2,1H3. The molecule has 0 saturated carbocycles. The lowest BCUT2D eigenvalue weighted by Crippen LogP contribution is -1.99. The Hall–Kier alpha value is -2.42. The van der Waals surface area contributed by atoms with Crippen LogP contribution in [0.4, 0.5) is 4.39 Å². The molecule has 0 radical (unpaired) electrons. The van der Waals surface area contributed by atoms with Gasteiger partial charge in [0.05, 0.1) is 0 Å². The normalized spacial score (nSPS) is 10.9. The van der Waals surface area contributed by atoms with Crippen LogP contribution in [-0.4, -0.2) is 10.9 Å². The zero-order chi connectivity index (χ0) is 14.1. The molecular weight excluding hydrogens is 253 g/mol. The van der Waals surface area contributed by atoms with Crippen LogP contribution in [0.5, 0.6) is 0 Å². The van der Waals surface area contributed by atoms with Gasteiger partial charge in [-0.15, -0.1) is 0 Å². The van der Waals surface area contributed by atoms with Gasteiger partial charge in [0, 0.05) is 29.2 Å². The fourth-order valence-electron chi connectivity index (χ4n) is 2.60. The molecule has 0 atom stereocenters. The van der Waals surface area contributed by atoms with Crippen LogP contribution in [-0.2, 0) is 6.54 Å². The molecule has 2 aromatic carbocycles. The number of aromatic nitrogens is 1. The summed E-state index contributed by atoms with van der Waals surface area (Å²) in [5, 5.41) is 0.927. The van der Waals surface area contributed by atoms with E-state index in [9.17, 15) is 9.18 Å². The third-order valence-corrected chi connectivity index (χ3v) is 3.40. The topological polar surface area (TPSA) is 22.0 Å². The van der Waals surface area contributed by atoms with Crippen LogP contribution in [0.1, 0.15) is 21.5 Å². The Balaban J connectivity index is 2.08. The summed E-state index contributed by atoms with van der Waals surface area (Å²) in [6, 6.07) is 12.7. The second-order valence-electron chi connectivity index (χ2n) is 4.98. The third kappa shape index (κ3) is 2.23.